The van der Waals surface area contributed by atoms with E-state index in [1.165, 1.54) is 4.90 Å². The number of furan rings is 1. The van der Waals surface area contributed by atoms with E-state index in [0.717, 1.165) is 12.2 Å². The van der Waals surface area contributed by atoms with Gasteiger partial charge in [-0.3, -0.25) is 4.79 Å². The van der Waals surface area contributed by atoms with E-state index in [4.69, 9.17) is 9.52 Å². The molecule has 0 aromatic carbocycles. The van der Waals surface area contributed by atoms with Crippen LogP contribution in [0.25, 0.3) is 0 Å². The first kappa shape index (κ1) is 13.0. The summed E-state index contributed by atoms with van der Waals surface area (Å²) in [7, 11) is 0. The van der Waals surface area contributed by atoms with Crippen molar-refractivity contribution < 1.29 is 19.1 Å². The fourth-order valence-electron chi connectivity index (χ4n) is 2.12. The van der Waals surface area contributed by atoms with Gasteiger partial charge in [-0.2, -0.15) is 11.8 Å². The molecule has 0 radical (unpaired) electrons. The lowest BCUT2D eigenvalue weighted by Crippen LogP contribution is -2.40. The van der Waals surface area contributed by atoms with E-state index in [-0.39, 0.29) is 11.7 Å². The average molecular weight is 269 g/mol. The second-order valence-corrected chi connectivity index (χ2v) is 5.06. The molecule has 6 heteroatoms. The number of carboxylic acids is 1. The number of rotatable bonds is 4. The van der Waals surface area contributed by atoms with Gasteiger partial charge in [0.2, 0.25) is 0 Å². The van der Waals surface area contributed by atoms with E-state index in [1.807, 2.05) is 6.26 Å². The van der Waals surface area contributed by atoms with Crippen molar-refractivity contribution in [3.8, 4) is 0 Å². The van der Waals surface area contributed by atoms with Crippen LogP contribution in [0.5, 0.6) is 0 Å². The molecule has 2 heterocycles. The molecule has 98 valence electrons. The third kappa shape index (κ3) is 2.53. The van der Waals surface area contributed by atoms with Crippen LogP contribution < -0.4 is 0 Å². The highest BCUT2D eigenvalue weighted by atomic mass is 32.2. The Morgan fingerprint density at radius 1 is 1.56 bits per heavy atom. The third-order valence-electron chi connectivity index (χ3n) is 2.96. The minimum Gasteiger partial charge on any atom is -0.480 e. The lowest BCUT2D eigenvalue weighted by Gasteiger charge is -2.19. The maximum absolute atomic E-state index is 12.1. The Hall–Kier alpha value is -1.43. The van der Waals surface area contributed by atoms with E-state index in [9.17, 15) is 9.59 Å². The van der Waals surface area contributed by atoms with Crippen LogP contribution in [0.1, 0.15) is 29.2 Å². The van der Waals surface area contributed by atoms with Crippen molar-refractivity contribution in [1.29, 1.82) is 0 Å². The SMILES string of the molecule is CSCc1ccc(C(=O)N2CCCC2C(=O)O)o1. The Morgan fingerprint density at radius 2 is 2.33 bits per heavy atom. The first-order chi connectivity index (χ1) is 8.63. The second-order valence-electron chi connectivity index (χ2n) is 4.19. The number of thioether (sulfide) groups is 1. The summed E-state index contributed by atoms with van der Waals surface area (Å²) in [4.78, 5) is 24.5. The van der Waals surface area contributed by atoms with Crippen LogP contribution in [0.15, 0.2) is 16.5 Å². The summed E-state index contributed by atoms with van der Waals surface area (Å²) in [5.74, 6) is 0.392. The Balaban J connectivity index is 2.12. The van der Waals surface area contributed by atoms with Crippen LogP contribution in [-0.4, -0.2) is 40.7 Å². The van der Waals surface area contributed by atoms with Gasteiger partial charge in [0.05, 0.1) is 5.75 Å². The molecule has 1 saturated heterocycles. The van der Waals surface area contributed by atoms with E-state index in [1.54, 1.807) is 23.9 Å². The molecule has 0 bridgehead atoms. The molecule has 1 aliphatic rings. The highest BCUT2D eigenvalue weighted by molar-refractivity contribution is 7.97. The van der Waals surface area contributed by atoms with Gasteiger partial charge in [0.15, 0.2) is 5.76 Å². The van der Waals surface area contributed by atoms with Gasteiger partial charge in [-0.05, 0) is 31.2 Å². The van der Waals surface area contributed by atoms with E-state index >= 15 is 0 Å². The summed E-state index contributed by atoms with van der Waals surface area (Å²) in [6.07, 6.45) is 3.19. The van der Waals surface area contributed by atoms with Crippen LogP contribution in [0.4, 0.5) is 0 Å². The summed E-state index contributed by atoms with van der Waals surface area (Å²) in [5, 5.41) is 9.04. The van der Waals surface area contributed by atoms with E-state index in [0.29, 0.717) is 18.7 Å². The van der Waals surface area contributed by atoms with Gasteiger partial charge in [0, 0.05) is 6.54 Å². The van der Waals surface area contributed by atoms with Crippen LogP contribution >= 0.6 is 11.8 Å². The number of amides is 1. The maximum Gasteiger partial charge on any atom is 0.326 e. The molecular weight excluding hydrogens is 254 g/mol. The lowest BCUT2D eigenvalue weighted by atomic mass is 10.2. The predicted octanol–water partition coefficient (Wildman–Crippen LogP) is 1.83. The fourth-order valence-corrected chi connectivity index (χ4v) is 2.56. The summed E-state index contributed by atoms with van der Waals surface area (Å²) in [5.41, 5.74) is 0. The number of hydrogen-bond donors (Lipinski definition) is 1. The van der Waals surface area contributed by atoms with Crippen molar-refractivity contribution in [2.45, 2.75) is 24.6 Å². The highest BCUT2D eigenvalue weighted by Gasteiger charge is 2.35. The number of nitrogens with zero attached hydrogens (tertiary/aromatic N) is 1. The quantitative estimate of drug-likeness (QED) is 0.903. The Labute approximate surface area is 109 Å². The van der Waals surface area contributed by atoms with Crippen molar-refractivity contribution >= 4 is 23.6 Å². The minimum absolute atomic E-state index is 0.229. The molecule has 5 nitrogen and oxygen atoms in total. The fraction of sp³-hybridized carbons (Fsp3) is 0.500. The first-order valence-corrected chi connectivity index (χ1v) is 7.14. The van der Waals surface area contributed by atoms with Crippen molar-refractivity contribution in [3.63, 3.8) is 0 Å². The molecular formula is C12H15NO4S. The van der Waals surface area contributed by atoms with Gasteiger partial charge in [0.1, 0.15) is 11.8 Å². The zero-order valence-electron chi connectivity index (χ0n) is 10.1. The maximum atomic E-state index is 12.1. The molecule has 0 aliphatic carbocycles. The van der Waals surface area contributed by atoms with E-state index in [2.05, 4.69) is 0 Å². The summed E-state index contributed by atoms with van der Waals surface area (Å²) in [6, 6.07) is 2.66. The van der Waals surface area contributed by atoms with Crippen LogP contribution in [0.2, 0.25) is 0 Å². The van der Waals surface area contributed by atoms with Crippen LogP contribution in [-0.2, 0) is 10.5 Å². The van der Waals surface area contributed by atoms with Gasteiger partial charge < -0.3 is 14.4 Å². The molecule has 1 aromatic rings. The normalized spacial score (nSPS) is 19.2. The monoisotopic (exact) mass is 269 g/mol. The smallest absolute Gasteiger partial charge is 0.326 e. The van der Waals surface area contributed by atoms with Gasteiger partial charge in [-0.25, -0.2) is 4.79 Å². The average Bonchev–Trinajstić information content (AvgIpc) is 2.96. The number of hydrogen-bond acceptors (Lipinski definition) is 4. The second kappa shape index (κ2) is 5.48. The Morgan fingerprint density at radius 3 is 3.00 bits per heavy atom. The lowest BCUT2D eigenvalue weighted by molar-refractivity contribution is -0.141. The molecule has 1 unspecified atom stereocenters. The standard InChI is InChI=1S/C12H15NO4S/c1-18-7-8-4-5-10(17-8)11(14)13-6-2-3-9(13)12(15)16/h4-5,9H,2-3,6-7H2,1H3,(H,15,16). The topological polar surface area (TPSA) is 70.8 Å². The molecule has 1 aliphatic heterocycles. The summed E-state index contributed by atoms with van der Waals surface area (Å²) < 4.78 is 5.42. The van der Waals surface area contributed by atoms with Gasteiger partial charge >= 0.3 is 5.97 Å². The molecule has 1 amide bonds. The molecule has 1 aromatic heterocycles. The first-order valence-electron chi connectivity index (χ1n) is 5.75. The molecule has 1 fully saturated rings. The number of carbonyl (C=O) groups is 2. The number of carbonyl (C=O) groups excluding carboxylic acids is 1. The molecule has 18 heavy (non-hydrogen) atoms. The van der Waals surface area contributed by atoms with Crippen molar-refractivity contribution in [1.82, 2.24) is 4.90 Å². The predicted molar refractivity (Wildman–Crippen MR) is 67.6 cm³/mol. The summed E-state index contributed by atoms with van der Waals surface area (Å²) in [6.45, 7) is 0.481. The zero-order chi connectivity index (χ0) is 13.1. The third-order valence-corrected chi connectivity index (χ3v) is 3.53. The molecule has 0 spiro atoms. The molecule has 1 N–H and O–H groups in total. The van der Waals surface area contributed by atoms with Crippen molar-refractivity contribution in [2.24, 2.45) is 0 Å². The molecule has 0 saturated carbocycles. The summed E-state index contributed by atoms with van der Waals surface area (Å²) >= 11 is 1.60. The van der Waals surface area contributed by atoms with Gasteiger partial charge in [-0.1, -0.05) is 0 Å². The van der Waals surface area contributed by atoms with Crippen molar-refractivity contribution in [2.75, 3.05) is 12.8 Å². The Bertz CT molecular complexity index is 457. The molecule has 2 rings (SSSR count). The van der Waals surface area contributed by atoms with Crippen molar-refractivity contribution in [3.05, 3.63) is 23.7 Å². The number of carboxylic acid groups (broad SMARTS) is 1. The van der Waals surface area contributed by atoms with Gasteiger partial charge in [-0.15, -0.1) is 0 Å². The van der Waals surface area contributed by atoms with Crippen LogP contribution in [0.3, 0.4) is 0 Å². The molecule has 1 atom stereocenters. The largest absolute Gasteiger partial charge is 0.480 e. The minimum atomic E-state index is -0.947. The van der Waals surface area contributed by atoms with E-state index < -0.39 is 12.0 Å². The van der Waals surface area contributed by atoms with Gasteiger partial charge in [0.25, 0.3) is 5.91 Å². The highest BCUT2D eigenvalue weighted by Crippen LogP contribution is 2.22. The Kier molecular flexibility index (Phi) is 3.96. The zero-order valence-corrected chi connectivity index (χ0v) is 10.9. The van der Waals surface area contributed by atoms with Crippen LogP contribution in [0, 0.1) is 0 Å². The number of aliphatic carboxylic acids is 1. The number of likely N-dealkylation sites (tertiary alicyclic amines) is 1.